The maximum absolute atomic E-state index is 13.7. The molecule has 13 heteroatoms. The average Bonchev–Trinajstić information content (AvgIpc) is 3.31. The Morgan fingerprint density at radius 2 is 1.55 bits per heavy atom. The molecule has 3 aliphatic heterocycles. The van der Waals surface area contributed by atoms with Crippen molar-refractivity contribution in [2.24, 2.45) is 23.7 Å². The van der Waals surface area contributed by atoms with Crippen LogP contribution >= 0.6 is 0 Å². The number of carbonyl (C=O) groups is 4. The third-order valence-corrected chi connectivity index (χ3v) is 9.80. The molecule has 5 rings (SSSR count). The zero-order valence-electron chi connectivity index (χ0n) is 28.8. The fourth-order valence-corrected chi connectivity index (χ4v) is 6.59. The Labute approximate surface area is 284 Å². The number of aliphatic hydroxyl groups excluding tert-OH is 4. The molecular weight excluding hydrogens is 638 g/mol. The van der Waals surface area contributed by atoms with E-state index in [1.165, 1.54) is 45.9 Å². The lowest BCUT2D eigenvalue weighted by atomic mass is 9.78. The lowest BCUT2D eigenvalue weighted by Gasteiger charge is -2.37. The maximum Gasteiger partial charge on any atom is 0.302 e. The highest BCUT2D eigenvalue weighted by Crippen LogP contribution is 2.53. The summed E-state index contributed by atoms with van der Waals surface area (Å²) < 4.78 is 17.3. The SMILES string of the molecule is CC(=O)O[C@H]1[C@@H](C)[C@H](O)/C=C\O[C@]2(C)Oc3c(C)c(O)c4c(c3[C@@H]2O)C(=O)C(C)=C(NC(=O)/C=C\C=C/[C@@H](C)[C@@H](O)[C@H](C)[C@H](O)[C@@H]1C)C4=O. The van der Waals surface area contributed by atoms with Gasteiger partial charge in [-0.05, 0) is 19.9 Å². The number of ether oxygens (including phenoxy) is 3. The number of nitrogens with one attached hydrogen (secondary N) is 1. The lowest BCUT2D eigenvalue weighted by molar-refractivity contribution is -0.181. The molecular formula is C36H45NO12. The second kappa shape index (κ2) is 14.3. The number of phenolic OH excluding ortho intramolecular Hbond substituents is 1. The van der Waals surface area contributed by atoms with Gasteiger partial charge in [0, 0.05) is 65.9 Å². The third kappa shape index (κ3) is 6.93. The van der Waals surface area contributed by atoms with Crippen LogP contribution in [0.5, 0.6) is 11.5 Å². The molecule has 1 aromatic carbocycles. The summed E-state index contributed by atoms with van der Waals surface area (Å²) in [5.41, 5.74) is -1.21. The summed E-state index contributed by atoms with van der Waals surface area (Å²) in [6, 6.07) is 0. The lowest BCUT2D eigenvalue weighted by Crippen LogP contribution is -2.46. The van der Waals surface area contributed by atoms with E-state index in [4.69, 9.17) is 14.2 Å². The molecule has 6 N–H and O–H groups in total. The van der Waals surface area contributed by atoms with Crippen molar-refractivity contribution < 1.29 is 58.9 Å². The van der Waals surface area contributed by atoms with Crippen LogP contribution in [0, 0.1) is 30.6 Å². The van der Waals surface area contributed by atoms with Crippen LogP contribution in [0.4, 0.5) is 0 Å². The van der Waals surface area contributed by atoms with Crippen LogP contribution in [-0.2, 0) is 19.1 Å². The second-order valence-corrected chi connectivity index (χ2v) is 13.3. The van der Waals surface area contributed by atoms with Gasteiger partial charge in [-0.25, -0.2) is 0 Å². The Kier molecular flexibility index (Phi) is 10.9. The molecule has 1 aliphatic carbocycles. The molecule has 266 valence electrons. The molecule has 1 aromatic rings. The molecule has 0 unspecified atom stereocenters. The van der Waals surface area contributed by atoms with Crippen LogP contribution in [0.1, 0.15) is 86.4 Å². The highest BCUT2D eigenvalue weighted by Gasteiger charge is 2.52. The molecule has 10 atom stereocenters. The van der Waals surface area contributed by atoms with Crippen molar-refractivity contribution in [2.75, 3.05) is 0 Å². The molecule has 0 radical (unpaired) electrons. The predicted octanol–water partition coefficient (Wildman–Crippen LogP) is 2.83. The number of carbonyl (C=O) groups excluding carboxylic acids is 4. The number of esters is 1. The summed E-state index contributed by atoms with van der Waals surface area (Å²) in [7, 11) is 0. The number of benzene rings is 1. The first-order valence-electron chi connectivity index (χ1n) is 16.1. The summed E-state index contributed by atoms with van der Waals surface area (Å²) in [5.74, 6) is -8.26. The summed E-state index contributed by atoms with van der Waals surface area (Å²) >= 11 is 0. The van der Waals surface area contributed by atoms with Gasteiger partial charge < -0.3 is 45.1 Å². The molecule has 4 aliphatic rings. The fourth-order valence-electron chi connectivity index (χ4n) is 6.59. The summed E-state index contributed by atoms with van der Waals surface area (Å²) in [6.45, 7) is 11.9. The average molecular weight is 684 g/mol. The van der Waals surface area contributed by atoms with Gasteiger partial charge in [-0.3, -0.25) is 19.2 Å². The Balaban J connectivity index is 1.81. The number of Topliss-reactive ketones (excluding diaryl/α,β-unsaturated/α-hetero) is 2. The van der Waals surface area contributed by atoms with Crippen LogP contribution in [0.2, 0.25) is 0 Å². The zero-order chi connectivity index (χ0) is 36.7. The van der Waals surface area contributed by atoms with Gasteiger partial charge in [-0.2, -0.15) is 0 Å². The van der Waals surface area contributed by atoms with Crippen molar-refractivity contribution in [2.45, 2.75) is 91.7 Å². The second-order valence-electron chi connectivity index (χ2n) is 13.3. The van der Waals surface area contributed by atoms with E-state index in [0.717, 1.165) is 12.3 Å². The normalized spacial score (nSPS) is 36.0. The first-order valence-corrected chi connectivity index (χ1v) is 16.1. The van der Waals surface area contributed by atoms with Gasteiger partial charge in [0.15, 0.2) is 11.9 Å². The van der Waals surface area contributed by atoms with E-state index in [-0.39, 0.29) is 33.7 Å². The van der Waals surface area contributed by atoms with Crippen LogP contribution < -0.4 is 10.1 Å². The Morgan fingerprint density at radius 3 is 2.18 bits per heavy atom. The molecule has 1 amide bonds. The van der Waals surface area contributed by atoms with Crippen LogP contribution in [0.3, 0.4) is 0 Å². The van der Waals surface area contributed by atoms with E-state index >= 15 is 0 Å². The largest absolute Gasteiger partial charge is 0.507 e. The van der Waals surface area contributed by atoms with Crippen LogP contribution in [0.25, 0.3) is 0 Å². The number of ketones is 2. The predicted molar refractivity (Wildman–Crippen MR) is 175 cm³/mol. The minimum absolute atomic E-state index is 0.0435. The van der Waals surface area contributed by atoms with Gasteiger partial charge in [-0.1, -0.05) is 45.9 Å². The smallest absolute Gasteiger partial charge is 0.302 e. The number of fused-ring (bicyclic) bond motifs is 14. The van der Waals surface area contributed by atoms with Gasteiger partial charge >= 0.3 is 5.97 Å². The summed E-state index contributed by atoms with van der Waals surface area (Å²) in [4.78, 5) is 52.3. The summed E-state index contributed by atoms with van der Waals surface area (Å²) in [5, 5.41) is 58.4. The Bertz CT molecular complexity index is 1660. The zero-order valence-corrected chi connectivity index (χ0v) is 28.8. The molecule has 3 heterocycles. The third-order valence-electron chi connectivity index (χ3n) is 9.80. The molecule has 5 bridgehead atoms. The maximum atomic E-state index is 13.7. The first kappa shape index (κ1) is 37.5. The van der Waals surface area contributed by atoms with Crippen LogP contribution in [0.15, 0.2) is 47.9 Å². The van der Waals surface area contributed by atoms with E-state index in [9.17, 15) is 44.7 Å². The van der Waals surface area contributed by atoms with Crippen molar-refractivity contribution in [3.63, 3.8) is 0 Å². The number of rotatable bonds is 1. The quantitative estimate of drug-likeness (QED) is 0.236. The highest BCUT2D eigenvalue weighted by atomic mass is 16.7. The Hall–Kier alpha value is -4.30. The molecule has 0 saturated heterocycles. The number of aliphatic hydroxyl groups is 4. The first-order chi connectivity index (χ1) is 22.8. The number of allylic oxidation sites excluding steroid dienone is 4. The number of hydrogen-bond donors (Lipinski definition) is 6. The highest BCUT2D eigenvalue weighted by molar-refractivity contribution is 6.29. The van der Waals surface area contributed by atoms with Crippen LogP contribution in [-0.4, -0.2) is 79.2 Å². The van der Waals surface area contributed by atoms with Gasteiger partial charge in [-0.15, -0.1) is 0 Å². The van der Waals surface area contributed by atoms with Crippen molar-refractivity contribution in [3.05, 3.63) is 70.2 Å². The molecule has 0 aromatic heterocycles. The van der Waals surface area contributed by atoms with E-state index < -0.39 is 94.7 Å². The number of hydrogen-bond acceptors (Lipinski definition) is 12. The number of phenols is 1. The number of aromatic hydroxyl groups is 1. The minimum atomic E-state index is -1.89. The molecule has 0 fully saturated rings. The molecule has 0 saturated carbocycles. The van der Waals surface area contributed by atoms with Crippen molar-refractivity contribution in [3.8, 4) is 11.5 Å². The molecule has 13 nitrogen and oxygen atoms in total. The van der Waals surface area contributed by atoms with Gasteiger partial charge in [0.05, 0.1) is 35.8 Å². The monoisotopic (exact) mass is 683 g/mol. The summed E-state index contributed by atoms with van der Waals surface area (Å²) in [6.07, 6.45) is 1.70. The van der Waals surface area contributed by atoms with Gasteiger partial charge in [0.25, 0.3) is 5.79 Å². The molecule has 49 heavy (non-hydrogen) atoms. The van der Waals surface area contributed by atoms with Gasteiger partial charge in [0.2, 0.25) is 11.7 Å². The van der Waals surface area contributed by atoms with Crippen molar-refractivity contribution >= 4 is 23.4 Å². The van der Waals surface area contributed by atoms with Crippen molar-refractivity contribution in [1.29, 1.82) is 0 Å². The van der Waals surface area contributed by atoms with E-state index in [1.54, 1.807) is 33.8 Å². The van der Waals surface area contributed by atoms with E-state index in [2.05, 4.69) is 5.32 Å². The minimum Gasteiger partial charge on any atom is -0.507 e. The molecule has 0 spiro atoms. The standard InChI is InChI=1S/C36H45NO12/c1-15-11-9-10-12-23(40)37-27-17(3)30(43)24-25(32(27)45)31(44)20(6)34-26(24)35(46)36(8,49-34)47-14-13-22(39)16(2)33(48-21(7)38)19(5)29(42)18(4)28(15)41/h9-16,18-19,22,28-29,33,35,39,41-42,44,46H,1-8H3,(H,37,40)/b11-9-,12-10-,14-13-/t15-,16+,18+,19+,22-,28-,29+,33+,35+,36-/m1/s1. The van der Waals surface area contributed by atoms with Gasteiger partial charge in [0.1, 0.15) is 17.6 Å². The topological polar surface area (TPSA) is 209 Å². The fraction of sp³-hybridized carbons (Fsp3) is 0.500. The van der Waals surface area contributed by atoms with E-state index in [0.29, 0.717) is 0 Å². The number of amides is 1. The Morgan fingerprint density at radius 1 is 0.898 bits per heavy atom. The van der Waals surface area contributed by atoms with E-state index in [1.807, 2.05) is 0 Å². The van der Waals surface area contributed by atoms with Crippen molar-refractivity contribution in [1.82, 2.24) is 5.32 Å².